The Morgan fingerprint density at radius 1 is 1.48 bits per heavy atom. The molecule has 1 aliphatic carbocycles. The van der Waals surface area contributed by atoms with Crippen LogP contribution in [0.4, 0.5) is 0 Å². The van der Waals surface area contributed by atoms with Crippen molar-refractivity contribution in [1.29, 1.82) is 0 Å². The van der Waals surface area contributed by atoms with Crippen molar-refractivity contribution in [2.75, 3.05) is 19.8 Å². The van der Waals surface area contributed by atoms with Crippen molar-refractivity contribution in [2.24, 2.45) is 16.7 Å². The van der Waals surface area contributed by atoms with Gasteiger partial charge in [0.2, 0.25) is 5.78 Å². The van der Waals surface area contributed by atoms with Crippen molar-refractivity contribution in [3.8, 4) is 0 Å². The van der Waals surface area contributed by atoms with Crippen LogP contribution in [-0.2, 0) is 19.1 Å². The second-order valence-corrected chi connectivity index (χ2v) is 6.18. The third-order valence-corrected chi connectivity index (χ3v) is 5.22. The van der Waals surface area contributed by atoms with Gasteiger partial charge in [0.15, 0.2) is 5.76 Å². The van der Waals surface area contributed by atoms with Gasteiger partial charge in [-0.3, -0.25) is 4.79 Å². The molecule has 3 rings (SSSR count). The molecule has 2 heterocycles. The zero-order valence-corrected chi connectivity index (χ0v) is 12.7. The Bertz CT molecular complexity index is 683. The average Bonchev–Trinajstić information content (AvgIpc) is 2.94. The normalized spacial score (nSPS) is 39.2. The topological polar surface area (TPSA) is 93.1 Å². The Morgan fingerprint density at radius 2 is 2.22 bits per heavy atom. The van der Waals surface area contributed by atoms with E-state index in [0.717, 1.165) is 0 Å². The monoisotopic (exact) mass is 318 g/mol. The highest BCUT2D eigenvalue weighted by Gasteiger charge is 2.66. The molecule has 2 aliphatic heterocycles. The molecule has 0 unspecified atom stereocenters. The van der Waals surface area contributed by atoms with E-state index in [-0.39, 0.29) is 25.6 Å². The standard InChI is InChI=1S/C17H18O6/c1-3-5-17-9-22-11(7-18)14(17)16(6-4-12(19)23-8-16)10(2)13(20)15(17)21/h4-6,11,14,18,20H,1,7-9H2,2H3/t11-,14+,16+,17+/m0/s1. The molecule has 1 fully saturated rings. The van der Waals surface area contributed by atoms with Gasteiger partial charge in [0.05, 0.1) is 30.1 Å². The van der Waals surface area contributed by atoms with Gasteiger partial charge in [-0.2, -0.15) is 0 Å². The van der Waals surface area contributed by atoms with Crippen molar-refractivity contribution in [3.63, 3.8) is 0 Å². The summed E-state index contributed by atoms with van der Waals surface area (Å²) < 4.78 is 10.8. The number of Topliss-reactive ketones (excluding diaryl/α,β-unsaturated/α-hetero) is 1. The van der Waals surface area contributed by atoms with Gasteiger partial charge < -0.3 is 19.7 Å². The fourth-order valence-electron chi connectivity index (χ4n) is 4.07. The van der Waals surface area contributed by atoms with Crippen LogP contribution in [0.1, 0.15) is 6.92 Å². The Labute approximate surface area is 133 Å². The van der Waals surface area contributed by atoms with Crippen molar-refractivity contribution in [2.45, 2.75) is 13.0 Å². The lowest BCUT2D eigenvalue weighted by Gasteiger charge is -2.49. The van der Waals surface area contributed by atoms with Crippen LogP contribution in [-0.4, -0.2) is 47.9 Å². The van der Waals surface area contributed by atoms with Crippen LogP contribution in [0, 0.1) is 16.7 Å². The number of hydrogen-bond donors (Lipinski definition) is 2. The highest BCUT2D eigenvalue weighted by molar-refractivity contribution is 6.02. The molecule has 23 heavy (non-hydrogen) atoms. The number of carbonyl (C=O) groups excluding carboxylic acids is 2. The van der Waals surface area contributed by atoms with E-state index in [1.807, 2.05) is 0 Å². The third-order valence-electron chi connectivity index (χ3n) is 5.22. The zero-order chi connectivity index (χ0) is 16.8. The van der Waals surface area contributed by atoms with E-state index < -0.39 is 34.6 Å². The van der Waals surface area contributed by atoms with E-state index in [4.69, 9.17) is 9.47 Å². The summed E-state index contributed by atoms with van der Waals surface area (Å²) in [6, 6.07) is 0. The van der Waals surface area contributed by atoms with Gasteiger partial charge in [-0.25, -0.2) is 4.79 Å². The molecule has 2 N–H and O–H groups in total. The van der Waals surface area contributed by atoms with Gasteiger partial charge in [0.25, 0.3) is 0 Å². The van der Waals surface area contributed by atoms with E-state index >= 15 is 0 Å². The van der Waals surface area contributed by atoms with Gasteiger partial charge in [0.1, 0.15) is 6.61 Å². The second-order valence-electron chi connectivity index (χ2n) is 6.18. The quantitative estimate of drug-likeness (QED) is 0.579. The van der Waals surface area contributed by atoms with E-state index in [0.29, 0.717) is 5.57 Å². The van der Waals surface area contributed by atoms with Gasteiger partial charge in [-0.1, -0.05) is 12.7 Å². The van der Waals surface area contributed by atoms with Gasteiger partial charge >= 0.3 is 5.97 Å². The molecule has 6 heteroatoms. The lowest BCUT2D eigenvalue weighted by Crippen LogP contribution is -2.56. The lowest BCUT2D eigenvalue weighted by molar-refractivity contribution is -0.145. The minimum Gasteiger partial charge on any atom is -0.504 e. The molecule has 0 aromatic rings. The van der Waals surface area contributed by atoms with Crippen LogP contribution in [0.5, 0.6) is 0 Å². The van der Waals surface area contributed by atoms with Crippen LogP contribution in [0.2, 0.25) is 0 Å². The predicted octanol–water partition coefficient (Wildman–Crippen LogP) is 0.835. The molecule has 1 spiro atoms. The number of allylic oxidation sites excluding steroid dienone is 1. The summed E-state index contributed by atoms with van der Waals surface area (Å²) in [5, 5.41) is 20.1. The molecule has 0 aromatic carbocycles. The highest BCUT2D eigenvalue weighted by atomic mass is 16.5. The van der Waals surface area contributed by atoms with Crippen molar-refractivity contribution in [3.05, 3.63) is 41.9 Å². The molecule has 0 bridgehead atoms. The summed E-state index contributed by atoms with van der Waals surface area (Å²) in [7, 11) is 0. The smallest absolute Gasteiger partial charge is 0.330 e. The molecular formula is C17H18O6. The molecule has 0 saturated carbocycles. The number of hydrogen-bond acceptors (Lipinski definition) is 6. The fraction of sp³-hybridized carbons (Fsp3) is 0.471. The van der Waals surface area contributed by atoms with Crippen LogP contribution in [0.15, 0.2) is 41.9 Å². The first kappa shape index (κ1) is 15.7. The van der Waals surface area contributed by atoms with Crippen molar-refractivity contribution in [1.82, 2.24) is 0 Å². The maximum absolute atomic E-state index is 12.8. The zero-order valence-electron chi connectivity index (χ0n) is 12.7. The summed E-state index contributed by atoms with van der Waals surface area (Å²) >= 11 is 0. The van der Waals surface area contributed by atoms with Crippen LogP contribution in [0.3, 0.4) is 0 Å². The Morgan fingerprint density at radius 3 is 2.78 bits per heavy atom. The maximum atomic E-state index is 12.8. The van der Waals surface area contributed by atoms with Gasteiger partial charge in [-0.05, 0) is 18.6 Å². The first-order chi connectivity index (χ1) is 10.9. The summed E-state index contributed by atoms with van der Waals surface area (Å²) in [6.45, 7) is 4.85. The summed E-state index contributed by atoms with van der Waals surface area (Å²) in [5.41, 5.74) is 0.927. The molecule has 4 atom stereocenters. The summed E-state index contributed by atoms with van der Waals surface area (Å²) in [5.74, 6) is -1.85. The molecule has 3 aliphatic rings. The Hall–Kier alpha value is -2.14. The van der Waals surface area contributed by atoms with Gasteiger partial charge in [0, 0.05) is 12.0 Å². The van der Waals surface area contributed by atoms with E-state index in [9.17, 15) is 19.8 Å². The summed E-state index contributed by atoms with van der Waals surface area (Å²) in [6.07, 6.45) is 3.79. The number of aliphatic hydroxyl groups excluding tert-OH is 2. The molecule has 0 amide bonds. The number of rotatable bonds is 2. The molecule has 1 saturated heterocycles. The SMILES string of the molecule is C=C=C[C@@]12CO[C@@H](CO)[C@@H]1[C@@]1(C=CC(=O)OC1)C(C)=C(O)C2=O. The number of carbonyl (C=O) groups is 2. The molecule has 122 valence electrons. The maximum Gasteiger partial charge on any atom is 0.330 e. The van der Waals surface area contributed by atoms with Crippen LogP contribution in [0.25, 0.3) is 0 Å². The number of ether oxygens (including phenoxy) is 2. The fourth-order valence-corrected chi connectivity index (χ4v) is 4.07. The van der Waals surface area contributed by atoms with Crippen LogP contribution < -0.4 is 0 Å². The van der Waals surface area contributed by atoms with E-state index in [2.05, 4.69) is 12.3 Å². The molecular weight excluding hydrogens is 300 g/mol. The largest absolute Gasteiger partial charge is 0.504 e. The first-order valence-corrected chi connectivity index (χ1v) is 7.33. The number of aliphatic hydroxyl groups is 2. The molecule has 0 aromatic heterocycles. The Balaban J connectivity index is 2.29. The third kappa shape index (κ3) is 1.89. The summed E-state index contributed by atoms with van der Waals surface area (Å²) in [4.78, 5) is 24.2. The number of esters is 1. The van der Waals surface area contributed by atoms with Crippen molar-refractivity contribution < 1.29 is 29.3 Å². The van der Waals surface area contributed by atoms with E-state index in [1.165, 1.54) is 12.2 Å². The van der Waals surface area contributed by atoms with Crippen LogP contribution >= 0.6 is 0 Å². The highest BCUT2D eigenvalue weighted by Crippen LogP contribution is 2.59. The minimum absolute atomic E-state index is 0.00508. The Kier molecular flexibility index (Phi) is 3.56. The number of cyclic esters (lactones) is 1. The minimum atomic E-state index is -1.19. The molecule has 6 nitrogen and oxygen atoms in total. The van der Waals surface area contributed by atoms with Crippen molar-refractivity contribution >= 4 is 11.8 Å². The number of fused-ring (bicyclic) bond motifs is 2. The number of ketones is 1. The van der Waals surface area contributed by atoms with Gasteiger partial charge in [-0.15, -0.1) is 5.73 Å². The average molecular weight is 318 g/mol. The first-order valence-electron chi connectivity index (χ1n) is 7.33. The lowest BCUT2D eigenvalue weighted by atomic mass is 9.53. The predicted molar refractivity (Wildman–Crippen MR) is 79.3 cm³/mol. The molecule has 0 radical (unpaired) electrons. The van der Waals surface area contributed by atoms with E-state index in [1.54, 1.807) is 13.0 Å². The second kappa shape index (κ2) is 5.20.